The average molecular weight is 243 g/mol. The number of benzene rings is 1. The van der Waals surface area contributed by atoms with Gasteiger partial charge in [-0.2, -0.15) is 0 Å². The third-order valence-electron chi connectivity index (χ3n) is 3.66. The van der Waals surface area contributed by atoms with Crippen LogP contribution in [0.25, 0.3) is 10.9 Å². The van der Waals surface area contributed by atoms with Crippen LogP contribution in [0, 0.1) is 5.41 Å². The number of aromatic nitrogens is 1. The highest BCUT2D eigenvalue weighted by Crippen LogP contribution is 2.38. The third-order valence-corrected chi connectivity index (χ3v) is 3.66. The second-order valence-corrected chi connectivity index (χ2v) is 5.83. The van der Waals surface area contributed by atoms with E-state index in [4.69, 9.17) is 4.74 Å². The summed E-state index contributed by atoms with van der Waals surface area (Å²) in [6.45, 7) is 4.28. The zero-order valence-corrected chi connectivity index (χ0v) is 11.0. The first-order valence-electron chi connectivity index (χ1n) is 6.22. The van der Waals surface area contributed by atoms with Gasteiger partial charge in [0.1, 0.15) is 5.75 Å². The van der Waals surface area contributed by atoms with E-state index in [1.165, 1.54) is 0 Å². The molecule has 1 N–H and O–H groups in total. The monoisotopic (exact) mass is 243 g/mol. The lowest BCUT2D eigenvalue weighted by Crippen LogP contribution is -2.26. The minimum Gasteiger partial charge on any atom is -0.497 e. The van der Waals surface area contributed by atoms with Gasteiger partial charge in [0.15, 0.2) is 5.78 Å². The molecule has 18 heavy (non-hydrogen) atoms. The van der Waals surface area contributed by atoms with Crippen molar-refractivity contribution in [1.82, 2.24) is 4.98 Å². The van der Waals surface area contributed by atoms with Crippen LogP contribution < -0.4 is 4.74 Å². The van der Waals surface area contributed by atoms with Crippen molar-refractivity contribution in [3.63, 3.8) is 0 Å². The number of H-pyrrole nitrogens is 1. The molecule has 2 aromatic rings. The molecule has 3 rings (SSSR count). The van der Waals surface area contributed by atoms with E-state index in [1.807, 2.05) is 18.2 Å². The summed E-state index contributed by atoms with van der Waals surface area (Å²) in [4.78, 5) is 15.7. The van der Waals surface area contributed by atoms with Gasteiger partial charge in [-0.25, -0.2) is 0 Å². The van der Waals surface area contributed by atoms with E-state index in [0.717, 1.165) is 34.3 Å². The molecular formula is C15H17NO2. The van der Waals surface area contributed by atoms with Gasteiger partial charge in [-0.15, -0.1) is 0 Å². The Balaban J connectivity index is 2.23. The summed E-state index contributed by atoms with van der Waals surface area (Å²) in [5, 5.41) is 1.02. The van der Waals surface area contributed by atoms with Crippen LogP contribution in [0.1, 0.15) is 36.3 Å². The molecule has 1 aromatic carbocycles. The normalized spacial score (nSPS) is 17.8. The molecule has 0 saturated carbocycles. The van der Waals surface area contributed by atoms with Crippen molar-refractivity contribution in [1.29, 1.82) is 0 Å². The number of ketones is 1. The van der Waals surface area contributed by atoms with Crippen molar-refractivity contribution in [3.05, 3.63) is 29.5 Å². The molecule has 1 aliphatic carbocycles. The number of hydrogen-bond acceptors (Lipinski definition) is 2. The van der Waals surface area contributed by atoms with E-state index in [9.17, 15) is 4.79 Å². The molecule has 94 valence electrons. The standard InChI is InChI=1S/C15H17NO2/c1-15(2)7-12-14(13(17)8-15)10-5-4-9(18-3)6-11(10)16-12/h4-6,16H,7-8H2,1-3H3. The first-order valence-corrected chi connectivity index (χ1v) is 6.22. The molecule has 0 amide bonds. The molecule has 0 atom stereocenters. The molecule has 3 heteroatoms. The number of nitrogens with one attached hydrogen (secondary N) is 1. The summed E-state index contributed by atoms with van der Waals surface area (Å²) in [6, 6.07) is 5.83. The Kier molecular flexibility index (Phi) is 2.27. The molecule has 1 aliphatic rings. The molecule has 0 fully saturated rings. The van der Waals surface area contributed by atoms with E-state index < -0.39 is 0 Å². The predicted molar refractivity (Wildman–Crippen MR) is 71.3 cm³/mol. The van der Waals surface area contributed by atoms with Gasteiger partial charge >= 0.3 is 0 Å². The summed E-state index contributed by atoms with van der Waals surface area (Å²) in [5.74, 6) is 1.06. The van der Waals surface area contributed by atoms with Crippen LogP contribution in [-0.4, -0.2) is 17.9 Å². The maximum Gasteiger partial charge on any atom is 0.165 e. The van der Waals surface area contributed by atoms with Crippen molar-refractivity contribution in [3.8, 4) is 5.75 Å². The Morgan fingerprint density at radius 3 is 2.78 bits per heavy atom. The molecule has 3 nitrogen and oxygen atoms in total. The van der Waals surface area contributed by atoms with E-state index in [1.54, 1.807) is 7.11 Å². The average Bonchev–Trinajstić information content (AvgIpc) is 2.63. The van der Waals surface area contributed by atoms with E-state index in [-0.39, 0.29) is 11.2 Å². The fraction of sp³-hybridized carbons (Fsp3) is 0.400. The van der Waals surface area contributed by atoms with E-state index in [2.05, 4.69) is 18.8 Å². The molecule has 0 radical (unpaired) electrons. The second kappa shape index (κ2) is 3.61. The molecular weight excluding hydrogens is 226 g/mol. The summed E-state index contributed by atoms with van der Waals surface area (Å²) in [5.41, 5.74) is 2.99. The lowest BCUT2D eigenvalue weighted by molar-refractivity contribution is 0.0913. The molecule has 0 spiro atoms. The van der Waals surface area contributed by atoms with Crippen molar-refractivity contribution < 1.29 is 9.53 Å². The smallest absolute Gasteiger partial charge is 0.165 e. The van der Waals surface area contributed by atoms with Gasteiger partial charge in [0.25, 0.3) is 0 Å². The topological polar surface area (TPSA) is 42.1 Å². The van der Waals surface area contributed by atoms with Gasteiger partial charge in [-0.1, -0.05) is 13.8 Å². The van der Waals surface area contributed by atoms with Gasteiger partial charge in [-0.3, -0.25) is 4.79 Å². The molecule has 0 saturated heterocycles. The number of rotatable bonds is 1. The van der Waals surface area contributed by atoms with Gasteiger partial charge in [0.05, 0.1) is 12.6 Å². The molecule has 1 heterocycles. The van der Waals surface area contributed by atoms with Crippen LogP contribution in [-0.2, 0) is 6.42 Å². The van der Waals surface area contributed by atoms with Crippen molar-refractivity contribution in [2.45, 2.75) is 26.7 Å². The molecule has 1 aromatic heterocycles. The number of hydrogen-bond donors (Lipinski definition) is 1. The number of ether oxygens (including phenoxy) is 1. The van der Waals surface area contributed by atoms with Crippen molar-refractivity contribution >= 4 is 16.7 Å². The van der Waals surface area contributed by atoms with E-state index >= 15 is 0 Å². The van der Waals surface area contributed by atoms with Crippen LogP contribution in [0.5, 0.6) is 5.75 Å². The minimum absolute atomic E-state index is 0.0506. The Labute approximate surface area is 106 Å². The summed E-state index contributed by atoms with van der Waals surface area (Å²) in [6.07, 6.45) is 1.55. The highest BCUT2D eigenvalue weighted by atomic mass is 16.5. The first kappa shape index (κ1) is 11.3. The maximum absolute atomic E-state index is 12.3. The van der Waals surface area contributed by atoms with Crippen molar-refractivity contribution in [2.24, 2.45) is 5.41 Å². The fourth-order valence-electron chi connectivity index (χ4n) is 2.87. The molecule has 0 aliphatic heterocycles. The van der Waals surface area contributed by atoms with Crippen LogP contribution in [0.2, 0.25) is 0 Å². The highest BCUT2D eigenvalue weighted by Gasteiger charge is 2.33. The number of carbonyl (C=O) groups is 1. The SMILES string of the molecule is COc1ccc2c3c([nH]c2c1)CC(C)(C)CC3=O. The molecule has 0 unspecified atom stereocenters. The lowest BCUT2D eigenvalue weighted by atomic mass is 9.76. The maximum atomic E-state index is 12.3. The lowest BCUT2D eigenvalue weighted by Gasteiger charge is -2.28. The zero-order chi connectivity index (χ0) is 12.9. The third kappa shape index (κ3) is 1.62. The number of aromatic amines is 1. The summed E-state index contributed by atoms with van der Waals surface area (Å²) >= 11 is 0. The van der Waals surface area contributed by atoms with Crippen molar-refractivity contribution in [2.75, 3.05) is 7.11 Å². The Morgan fingerprint density at radius 1 is 1.28 bits per heavy atom. The quantitative estimate of drug-likeness (QED) is 0.834. The van der Waals surface area contributed by atoms with Crippen LogP contribution >= 0.6 is 0 Å². The highest BCUT2D eigenvalue weighted by molar-refractivity contribution is 6.10. The predicted octanol–water partition coefficient (Wildman–Crippen LogP) is 3.33. The van der Waals surface area contributed by atoms with Gasteiger partial charge in [0.2, 0.25) is 0 Å². The van der Waals surface area contributed by atoms with Crippen LogP contribution in [0.4, 0.5) is 0 Å². The number of carbonyl (C=O) groups excluding carboxylic acids is 1. The fourth-order valence-corrected chi connectivity index (χ4v) is 2.87. The zero-order valence-electron chi connectivity index (χ0n) is 11.0. The second-order valence-electron chi connectivity index (χ2n) is 5.83. The Hall–Kier alpha value is -1.77. The first-order chi connectivity index (χ1) is 8.50. The van der Waals surface area contributed by atoms with Gasteiger partial charge in [-0.05, 0) is 24.0 Å². The number of methoxy groups -OCH3 is 1. The number of fused-ring (bicyclic) bond motifs is 3. The summed E-state index contributed by atoms with van der Waals surface area (Å²) < 4.78 is 5.22. The Bertz CT molecular complexity index is 637. The van der Waals surface area contributed by atoms with Crippen LogP contribution in [0.15, 0.2) is 18.2 Å². The van der Waals surface area contributed by atoms with Gasteiger partial charge < -0.3 is 9.72 Å². The van der Waals surface area contributed by atoms with Gasteiger partial charge in [0, 0.05) is 29.1 Å². The Morgan fingerprint density at radius 2 is 2.06 bits per heavy atom. The van der Waals surface area contributed by atoms with Crippen LogP contribution in [0.3, 0.4) is 0 Å². The number of Topliss-reactive ketones (excluding diaryl/α,β-unsaturated/α-hetero) is 1. The minimum atomic E-state index is 0.0506. The summed E-state index contributed by atoms with van der Waals surface area (Å²) in [7, 11) is 1.65. The molecule has 0 bridgehead atoms. The van der Waals surface area contributed by atoms with E-state index in [0.29, 0.717) is 6.42 Å². The largest absolute Gasteiger partial charge is 0.497 e.